The summed E-state index contributed by atoms with van der Waals surface area (Å²) in [6.45, 7) is 2.58. The van der Waals surface area contributed by atoms with E-state index in [-0.39, 0.29) is 0 Å². The lowest BCUT2D eigenvalue weighted by atomic mass is 10.2. The molecule has 0 fully saturated rings. The molecule has 0 amide bonds. The third-order valence-corrected chi connectivity index (χ3v) is 2.45. The first kappa shape index (κ1) is 9.49. The number of fused-ring (bicyclic) bond motifs is 1. The minimum Gasteiger partial charge on any atom is -0.439 e. The average Bonchev–Trinajstić information content (AvgIpc) is 2.48. The van der Waals surface area contributed by atoms with Crippen LogP contribution in [0.1, 0.15) is 11.5 Å². The number of nitrogens with one attached hydrogen (secondary N) is 1. The Bertz CT molecular complexity index is 425. The van der Waals surface area contributed by atoms with E-state index in [1.165, 1.54) is 0 Å². The van der Waals surface area contributed by atoms with Gasteiger partial charge >= 0.3 is 0 Å². The van der Waals surface area contributed by atoms with Crippen LogP contribution in [0.25, 0.3) is 11.1 Å². The Hall–Kier alpha value is -1.06. The number of nitrogens with zero attached hydrogens (tertiary/aromatic N) is 1. The van der Waals surface area contributed by atoms with Gasteiger partial charge in [-0.05, 0) is 25.6 Å². The van der Waals surface area contributed by atoms with E-state index in [0.29, 0.717) is 17.5 Å². The van der Waals surface area contributed by atoms with Crippen molar-refractivity contribution < 1.29 is 4.42 Å². The molecular weight excluding hydrogens is 200 g/mol. The molecule has 2 rings (SSSR count). The molecule has 0 atom stereocenters. The van der Waals surface area contributed by atoms with E-state index in [4.69, 9.17) is 16.0 Å². The first-order valence-electron chi connectivity index (χ1n) is 4.41. The van der Waals surface area contributed by atoms with Gasteiger partial charge in [-0.25, -0.2) is 4.98 Å². The second kappa shape index (κ2) is 3.59. The van der Waals surface area contributed by atoms with Gasteiger partial charge in [0.1, 0.15) is 5.52 Å². The molecule has 0 unspecified atom stereocenters. The van der Waals surface area contributed by atoms with Crippen LogP contribution in [0, 0.1) is 6.92 Å². The monoisotopic (exact) mass is 210 g/mol. The van der Waals surface area contributed by atoms with Gasteiger partial charge in [-0.2, -0.15) is 0 Å². The molecule has 0 radical (unpaired) electrons. The number of aromatic nitrogens is 1. The summed E-state index contributed by atoms with van der Waals surface area (Å²) >= 11 is 5.97. The van der Waals surface area contributed by atoms with Crippen molar-refractivity contribution >= 4 is 22.7 Å². The van der Waals surface area contributed by atoms with Gasteiger partial charge in [0.25, 0.3) is 0 Å². The van der Waals surface area contributed by atoms with Crippen molar-refractivity contribution in [2.75, 3.05) is 7.05 Å². The van der Waals surface area contributed by atoms with Gasteiger partial charge in [0.2, 0.25) is 5.89 Å². The summed E-state index contributed by atoms with van der Waals surface area (Å²) in [5, 5.41) is 3.70. The first-order valence-corrected chi connectivity index (χ1v) is 4.78. The number of hydrogen-bond donors (Lipinski definition) is 1. The standard InChI is InChI=1S/C10H11ClN2O/c1-6-3-8-9(4-7(6)11)14-10(13-8)5-12-2/h3-4,12H,5H2,1-2H3. The number of benzene rings is 1. The normalized spacial score (nSPS) is 11.1. The largest absolute Gasteiger partial charge is 0.439 e. The second-order valence-electron chi connectivity index (χ2n) is 3.21. The Balaban J connectivity index is 2.54. The summed E-state index contributed by atoms with van der Waals surface area (Å²) in [6.07, 6.45) is 0. The smallest absolute Gasteiger partial charge is 0.209 e. The van der Waals surface area contributed by atoms with Crippen LogP contribution < -0.4 is 5.32 Å². The molecule has 0 bridgehead atoms. The molecule has 1 N–H and O–H groups in total. The molecule has 1 aromatic carbocycles. The summed E-state index contributed by atoms with van der Waals surface area (Å²) in [4.78, 5) is 4.32. The predicted octanol–water partition coefficient (Wildman–Crippen LogP) is 2.51. The molecule has 74 valence electrons. The molecule has 0 aliphatic heterocycles. The van der Waals surface area contributed by atoms with E-state index in [9.17, 15) is 0 Å². The molecule has 0 saturated carbocycles. The Labute approximate surface area is 87.1 Å². The first-order chi connectivity index (χ1) is 6.70. The molecular formula is C10H11ClN2O. The minimum absolute atomic E-state index is 0.630. The molecule has 1 heterocycles. The SMILES string of the molecule is CNCc1nc2cc(C)c(Cl)cc2o1. The Kier molecular flexibility index (Phi) is 2.44. The van der Waals surface area contributed by atoms with Crippen molar-refractivity contribution in [2.45, 2.75) is 13.5 Å². The summed E-state index contributed by atoms with van der Waals surface area (Å²) < 4.78 is 5.49. The zero-order valence-corrected chi connectivity index (χ0v) is 8.85. The van der Waals surface area contributed by atoms with E-state index < -0.39 is 0 Å². The molecule has 0 aliphatic carbocycles. The second-order valence-corrected chi connectivity index (χ2v) is 3.61. The van der Waals surface area contributed by atoms with Gasteiger partial charge < -0.3 is 9.73 Å². The van der Waals surface area contributed by atoms with E-state index >= 15 is 0 Å². The highest BCUT2D eigenvalue weighted by Crippen LogP contribution is 2.23. The molecule has 3 nitrogen and oxygen atoms in total. The van der Waals surface area contributed by atoms with Gasteiger partial charge in [0.15, 0.2) is 5.58 Å². The zero-order chi connectivity index (χ0) is 10.1. The van der Waals surface area contributed by atoms with Crippen LogP contribution in [0.5, 0.6) is 0 Å². The van der Waals surface area contributed by atoms with Crippen LogP contribution in [0.2, 0.25) is 5.02 Å². The van der Waals surface area contributed by atoms with Crippen molar-refractivity contribution in [3.8, 4) is 0 Å². The third kappa shape index (κ3) is 1.61. The molecule has 4 heteroatoms. The van der Waals surface area contributed by atoms with Crippen molar-refractivity contribution in [1.82, 2.24) is 10.3 Å². The van der Waals surface area contributed by atoms with Crippen LogP contribution in [-0.2, 0) is 6.54 Å². The van der Waals surface area contributed by atoms with Crippen LogP contribution in [0.3, 0.4) is 0 Å². The molecule has 2 aromatic rings. The lowest BCUT2D eigenvalue weighted by molar-refractivity contribution is 0.511. The highest BCUT2D eigenvalue weighted by Gasteiger charge is 2.06. The zero-order valence-electron chi connectivity index (χ0n) is 8.10. The number of rotatable bonds is 2. The van der Waals surface area contributed by atoms with Crippen LogP contribution in [-0.4, -0.2) is 12.0 Å². The number of aryl methyl sites for hydroxylation is 1. The summed E-state index contributed by atoms with van der Waals surface area (Å²) in [5.74, 6) is 0.684. The van der Waals surface area contributed by atoms with Crippen LogP contribution >= 0.6 is 11.6 Å². The van der Waals surface area contributed by atoms with Crippen LogP contribution in [0.15, 0.2) is 16.5 Å². The highest BCUT2D eigenvalue weighted by molar-refractivity contribution is 6.31. The molecule has 0 saturated heterocycles. The lowest BCUT2D eigenvalue weighted by Crippen LogP contribution is -2.04. The maximum Gasteiger partial charge on any atom is 0.209 e. The van der Waals surface area contributed by atoms with Crippen molar-refractivity contribution in [1.29, 1.82) is 0 Å². The van der Waals surface area contributed by atoms with E-state index in [0.717, 1.165) is 16.7 Å². The van der Waals surface area contributed by atoms with Crippen molar-refractivity contribution in [3.05, 3.63) is 28.6 Å². The van der Waals surface area contributed by atoms with E-state index in [1.54, 1.807) is 6.07 Å². The number of oxazole rings is 1. The lowest BCUT2D eigenvalue weighted by Gasteiger charge is -1.94. The van der Waals surface area contributed by atoms with Crippen molar-refractivity contribution in [3.63, 3.8) is 0 Å². The van der Waals surface area contributed by atoms with Crippen molar-refractivity contribution in [2.24, 2.45) is 0 Å². The Morgan fingerprint density at radius 3 is 3.00 bits per heavy atom. The fourth-order valence-electron chi connectivity index (χ4n) is 1.33. The Morgan fingerprint density at radius 2 is 2.29 bits per heavy atom. The number of hydrogen-bond acceptors (Lipinski definition) is 3. The van der Waals surface area contributed by atoms with Gasteiger partial charge in [-0.15, -0.1) is 0 Å². The predicted molar refractivity (Wildman–Crippen MR) is 56.5 cm³/mol. The minimum atomic E-state index is 0.630. The molecule has 1 aromatic heterocycles. The number of halogens is 1. The van der Waals surface area contributed by atoms with Crippen LogP contribution in [0.4, 0.5) is 0 Å². The van der Waals surface area contributed by atoms with Gasteiger partial charge in [0.05, 0.1) is 6.54 Å². The maximum atomic E-state index is 5.97. The Morgan fingerprint density at radius 1 is 1.50 bits per heavy atom. The quantitative estimate of drug-likeness (QED) is 0.828. The molecule has 14 heavy (non-hydrogen) atoms. The summed E-state index contributed by atoms with van der Waals surface area (Å²) in [6, 6.07) is 3.73. The summed E-state index contributed by atoms with van der Waals surface area (Å²) in [7, 11) is 1.85. The van der Waals surface area contributed by atoms with Gasteiger partial charge in [-0.1, -0.05) is 11.6 Å². The topological polar surface area (TPSA) is 38.1 Å². The third-order valence-electron chi connectivity index (χ3n) is 2.04. The fourth-order valence-corrected chi connectivity index (χ4v) is 1.48. The van der Waals surface area contributed by atoms with Gasteiger partial charge in [0, 0.05) is 11.1 Å². The average molecular weight is 211 g/mol. The molecule has 0 aliphatic rings. The highest BCUT2D eigenvalue weighted by atomic mass is 35.5. The van der Waals surface area contributed by atoms with Gasteiger partial charge in [-0.3, -0.25) is 0 Å². The summed E-state index contributed by atoms with van der Waals surface area (Å²) in [5.41, 5.74) is 2.62. The maximum absolute atomic E-state index is 5.97. The molecule has 0 spiro atoms. The fraction of sp³-hybridized carbons (Fsp3) is 0.300. The van der Waals surface area contributed by atoms with E-state index in [2.05, 4.69) is 10.3 Å². The van der Waals surface area contributed by atoms with E-state index in [1.807, 2.05) is 20.0 Å².